The van der Waals surface area contributed by atoms with Crippen molar-refractivity contribution in [1.29, 1.82) is 0 Å². The Balaban J connectivity index is 1.61. The minimum absolute atomic E-state index is 0.174. The van der Waals surface area contributed by atoms with Crippen LogP contribution in [0.4, 0.5) is 0 Å². The molecule has 21 heavy (non-hydrogen) atoms. The predicted octanol–water partition coefficient (Wildman–Crippen LogP) is 3.02. The predicted molar refractivity (Wildman–Crippen MR) is 87.6 cm³/mol. The summed E-state index contributed by atoms with van der Waals surface area (Å²) in [5.74, 6) is 0.255. The Kier molecular flexibility index (Phi) is 4.65. The fourth-order valence-corrected chi connectivity index (χ4v) is 5.00. The van der Waals surface area contributed by atoms with Crippen molar-refractivity contribution in [2.45, 2.75) is 58.4 Å². The van der Waals surface area contributed by atoms with E-state index in [1.807, 2.05) is 11.3 Å². The molecule has 1 fully saturated rings. The lowest BCUT2D eigenvalue weighted by molar-refractivity contribution is -0.132. The zero-order valence-electron chi connectivity index (χ0n) is 13.0. The Labute approximate surface area is 131 Å². The molecule has 1 aromatic heterocycles. The third kappa shape index (κ3) is 3.16. The number of thiophene rings is 1. The summed E-state index contributed by atoms with van der Waals surface area (Å²) in [6.45, 7) is 4.78. The highest BCUT2D eigenvalue weighted by atomic mass is 32.1. The highest BCUT2D eigenvalue weighted by Crippen LogP contribution is 2.33. The molecule has 1 saturated heterocycles. The lowest BCUT2D eigenvalue weighted by atomic mass is 9.76. The maximum absolute atomic E-state index is 12.7. The molecular weight excluding hydrogens is 280 g/mol. The number of aryl methyl sites for hydroxylation is 2. The molecule has 1 aliphatic carbocycles. The molecule has 2 aliphatic rings. The van der Waals surface area contributed by atoms with Crippen LogP contribution in [0.5, 0.6) is 0 Å². The lowest BCUT2D eigenvalue weighted by Crippen LogP contribution is -2.50. The van der Waals surface area contributed by atoms with Crippen molar-refractivity contribution in [3.05, 3.63) is 21.4 Å². The minimum Gasteiger partial charge on any atom is -0.351 e. The Hall–Kier alpha value is -0.870. The van der Waals surface area contributed by atoms with E-state index in [0.29, 0.717) is 6.54 Å². The fourth-order valence-electron chi connectivity index (χ4n) is 3.80. The van der Waals surface area contributed by atoms with Gasteiger partial charge in [-0.15, -0.1) is 11.3 Å². The first-order chi connectivity index (χ1) is 10.2. The Morgan fingerprint density at radius 3 is 3.05 bits per heavy atom. The maximum atomic E-state index is 12.7. The molecule has 2 N–H and O–H groups in total. The second-order valence-corrected chi connectivity index (χ2v) is 7.73. The van der Waals surface area contributed by atoms with Crippen LogP contribution in [0.1, 0.15) is 54.3 Å². The van der Waals surface area contributed by atoms with Crippen LogP contribution in [0.25, 0.3) is 0 Å². The summed E-state index contributed by atoms with van der Waals surface area (Å²) in [4.78, 5) is 15.6. The number of rotatable bonds is 5. The second-order valence-electron chi connectivity index (χ2n) is 6.51. The first kappa shape index (κ1) is 15.0. The smallest absolute Gasteiger partial charge is 0.227 e. The van der Waals surface area contributed by atoms with E-state index >= 15 is 0 Å². The van der Waals surface area contributed by atoms with E-state index < -0.39 is 0 Å². The van der Waals surface area contributed by atoms with Gasteiger partial charge < -0.3 is 10.6 Å². The van der Waals surface area contributed by atoms with Crippen LogP contribution in [0.2, 0.25) is 0 Å². The normalized spacial score (nSPS) is 24.8. The van der Waals surface area contributed by atoms with Crippen LogP contribution in [0, 0.1) is 5.41 Å². The van der Waals surface area contributed by atoms with Gasteiger partial charge >= 0.3 is 0 Å². The van der Waals surface area contributed by atoms with Crippen LogP contribution in [0.15, 0.2) is 6.07 Å². The molecule has 0 bridgehead atoms. The van der Waals surface area contributed by atoms with Crippen LogP contribution < -0.4 is 10.6 Å². The van der Waals surface area contributed by atoms with Gasteiger partial charge in [-0.3, -0.25) is 4.79 Å². The molecule has 1 amide bonds. The molecule has 2 heterocycles. The number of hydrogen-bond acceptors (Lipinski definition) is 3. The molecule has 0 saturated carbocycles. The molecule has 116 valence electrons. The van der Waals surface area contributed by atoms with E-state index in [1.54, 1.807) is 4.88 Å². The largest absolute Gasteiger partial charge is 0.351 e. The fraction of sp³-hybridized carbons (Fsp3) is 0.706. The lowest BCUT2D eigenvalue weighted by Gasteiger charge is -2.36. The Morgan fingerprint density at radius 1 is 1.43 bits per heavy atom. The van der Waals surface area contributed by atoms with Gasteiger partial charge in [0.25, 0.3) is 0 Å². The molecule has 0 radical (unpaired) electrons. The summed E-state index contributed by atoms with van der Waals surface area (Å²) >= 11 is 1.89. The van der Waals surface area contributed by atoms with Crippen molar-refractivity contribution in [2.24, 2.45) is 5.41 Å². The SMILES string of the molecule is CCCC1(C(=O)NCc2cc3c(s2)CCC3)CCCNC1. The molecule has 1 aromatic rings. The zero-order valence-corrected chi connectivity index (χ0v) is 13.8. The van der Waals surface area contributed by atoms with Gasteiger partial charge in [0.05, 0.1) is 12.0 Å². The molecule has 1 aliphatic heterocycles. The molecular formula is C17H26N2OS. The van der Waals surface area contributed by atoms with Gasteiger partial charge in [-0.1, -0.05) is 13.3 Å². The first-order valence-corrected chi connectivity index (χ1v) is 9.15. The minimum atomic E-state index is -0.174. The molecule has 4 heteroatoms. The van der Waals surface area contributed by atoms with E-state index in [2.05, 4.69) is 23.6 Å². The Morgan fingerprint density at radius 2 is 2.33 bits per heavy atom. The van der Waals surface area contributed by atoms with Gasteiger partial charge in [-0.05, 0) is 56.7 Å². The zero-order chi connectivity index (χ0) is 14.7. The number of hydrogen-bond donors (Lipinski definition) is 2. The van der Waals surface area contributed by atoms with Gasteiger partial charge in [0.1, 0.15) is 0 Å². The van der Waals surface area contributed by atoms with Gasteiger partial charge in [0, 0.05) is 16.3 Å². The molecule has 3 rings (SSSR count). The molecule has 0 spiro atoms. The number of fused-ring (bicyclic) bond motifs is 1. The first-order valence-electron chi connectivity index (χ1n) is 8.33. The summed E-state index contributed by atoms with van der Waals surface area (Å²) in [6, 6.07) is 2.30. The number of nitrogens with one attached hydrogen (secondary N) is 2. The summed E-state index contributed by atoms with van der Waals surface area (Å²) < 4.78 is 0. The number of carbonyl (C=O) groups excluding carboxylic acids is 1. The van der Waals surface area contributed by atoms with Crippen molar-refractivity contribution in [1.82, 2.24) is 10.6 Å². The van der Waals surface area contributed by atoms with Crippen molar-refractivity contribution in [3.63, 3.8) is 0 Å². The van der Waals surface area contributed by atoms with E-state index in [0.717, 1.165) is 38.8 Å². The van der Waals surface area contributed by atoms with Crippen molar-refractivity contribution in [2.75, 3.05) is 13.1 Å². The number of carbonyl (C=O) groups is 1. The maximum Gasteiger partial charge on any atom is 0.227 e. The monoisotopic (exact) mass is 306 g/mol. The van der Waals surface area contributed by atoms with Gasteiger partial charge in [0.15, 0.2) is 0 Å². The standard InChI is InChI=1S/C17H26N2OS/c1-2-7-17(8-4-9-18-12-17)16(20)19-11-14-10-13-5-3-6-15(13)21-14/h10,18H,2-9,11-12H2,1H3,(H,19,20). The highest BCUT2D eigenvalue weighted by Gasteiger charge is 2.38. The quantitative estimate of drug-likeness (QED) is 0.878. The van der Waals surface area contributed by atoms with Crippen molar-refractivity contribution in [3.8, 4) is 0 Å². The summed E-state index contributed by atoms with van der Waals surface area (Å²) in [5.41, 5.74) is 1.35. The van der Waals surface area contributed by atoms with Crippen molar-refractivity contribution >= 4 is 17.2 Å². The van der Waals surface area contributed by atoms with Crippen LogP contribution in [-0.4, -0.2) is 19.0 Å². The average molecular weight is 306 g/mol. The molecule has 3 nitrogen and oxygen atoms in total. The van der Waals surface area contributed by atoms with Gasteiger partial charge in [-0.25, -0.2) is 0 Å². The average Bonchev–Trinajstić information content (AvgIpc) is 3.07. The summed E-state index contributed by atoms with van der Waals surface area (Å²) in [5, 5.41) is 6.63. The molecule has 1 unspecified atom stereocenters. The van der Waals surface area contributed by atoms with Crippen LogP contribution >= 0.6 is 11.3 Å². The third-order valence-electron chi connectivity index (χ3n) is 4.90. The molecule has 1 atom stereocenters. The summed E-state index contributed by atoms with van der Waals surface area (Å²) in [6.07, 6.45) is 7.97. The van der Waals surface area contributed by atoms with E-state index in [-0.39, 0.29) is 11.3 Å². The molecule has 0 aromatic carbocycles. The van der Waals surface area contributed by atoms with E-state index in [4.69, 9.17) is 0 Å². The van der Waals surface area contributed by atoms with Crippen molar-refractivity contribution < 1.29 is 4.79 Å². The summed E-state index contributed by atoms with van der Waals surface area (Å²) in [7, 11) is 0. The van der Waals surface area contributed by atoms with E-state index in [1.165, 1.54) is 29.7 Å². The van der Waals surface area contributed by atoms with E-state index in [9.17, 15) is 4.79 Å². The van der Waals surface area contributed by atoms with Crippen LogP contribution in [0.3, 0.4) is 0 Å². The number of amides is 1. The third-order valence-corrected chi connectivity index (χ3v) is 6.14. The highest BCUT2D eigenvalue weighted by molar-refractivity contribution is 7.12. The Bertz CT molecular complexity index is 476. The van der Waals surface area contributed by atoms with Crippen LogP contribution in [-0.2, 0) is 24.2 Å². The van der Waals surface area contributed by atoms with Gasteiger partial charge in [-0.2, -0.15) is 0 Å². The van der Waals surface area contributed by atoms with Gasteiger partial charge in [0.2, 0.25) is 5.91 Å². The second kappa shape index (κ2) is 6.49. The number of piperidine rings is 1. The topological polar surface area (TPSA) is 41.1 Å².